The zero-order valence-corrected chi connectivity index (χ0v) is 25.3. The van der Waals surface area contributed by atoms with Crippen LogP contribution in [0.1, 0.15) is 0 Å². The summed E-state index contributed by atoms with van der Waals surface area (Å²) in [5.74, 6) is 1.82. The fourth-order valence-corrected chi connectivity index (χ4v) is 6.43. The van der Waals surface area contributed by atoms with E-state index in [9.17, 15) is 0 Å². The van der Waals surface area contributed by atoms with Crippen molar-refractivity contribution >= 4 is 32.7 Å². The van der Waals surface area contributed by atoms with Crippen LogP contribution in [0.2, 0.25) is 0 Å². The van der Waals surface area contributed by atoms with Crippen LogP contribution in [0.3, 0.4) is 0 Å². The van der Waals surface area contributed by atoms with E-state index in [-0.39, 0.29) is 0 Å². The Balaban J connectivity index is 1.29. The fraction of sp³-hybridized carbons (Fsp3) is 0. The first-order valence-corrected chi connectivity index (χ1v) is 15.7. The molecule has 2 aromatic heterocycles. The third kappa shape index (κ3) is 4.84. The quantitative estimate of drug-likeness (QED) is 0.197. The number of para-hydroxylation sites is 1. The van der Waals surface area contributed by atoms with Gasteiger partial charge in [-0.2, -0.15) is 0 Å². The predicted molar refractivity (Wildman–Crippen MR) is 192 cm³/mol. The lowest BCUT2D eigenvalue weighted by atomic mass is 10.00. The van der Waals surface area contributed by atoms with Gasteiger partial charge in [0.05, 0.1) is 0 Å². The molecular formula is C43H27N3O. The summed E-state index contributed by atoms with van der Waals surface area (Å²) in [4.78, 5) is 15.4. The van der Waals surface area contributed by atoms with Gasteiger partial charge in [-0.05, 0) is 51.9 Å². The summed E-state index contributed by atoms with van der Waals surface area (Å²) in [5.41, 5.74) is 8.92. The SMILES string of the molecule is c1ccc(-c2cccc(-c3nc(-c4cccc(-c5ccccc5)c4)nc(-c4cccc5ccc6c7ccccc7oc6c45)n3)c2)cc1. The number of fused-ring (bicyclic) bond motifs is 5. The highest BCUT2D eigenvalue weighted by Gasteiger charge is 2.18. The van der Waals surface area contributed by atoms with Crippen LogP contribution in [0.5, 0.6) is 0 Å². The van der Waals surface area contributed by atoms with Crippen molar-refractivity contribution in [2.75, 3.05) is 0 Å². The molecule has 9 rings (SSSR count). The Labute approximate surface area is 271 Å². The molecule has 0 radical (unpaired) electrons. The number of furan rings is 1. The van der Waals surface area contributed by atoms with Gasteiger partial charge in [-0.3, -0.25) is 0 Å². The summed E-state index contributed by atoms with van der Waals surface area (Å²) in [6, 6.07) is 56.3. The maximum absolute atomic E-state index is 6.52. The minimum atomic E-state index is 0.596. The van der Waals surface area contributed by atoms with Crippen molar-refractivity contribution in [2.24, 2.45) is 0 Å². The van der Waals surface area contributed by atoms with Crippen LogP contribution in [0, 0.1) is 0 Å². The van der Waals surface area contributed by atoms with E-state index in [4.69, 9.17) is 19.4 Å². The van der Waals surface area contributed by atoms with Crippen LogP contribution < -0.4 is 0 Å². The molecule has 0 N–H and O–H groups in total. The monoisotopic (exact) mass is 601 g/mol. The van der Waals surface area contributed by atoms with Gasteiger partial charge in [-0.1, -0.05) is 140 Å². The normalized spacial score (nSPS) is 11.4. The second kappa shape index (κ2) is 11.2. The third-order valence-corrected chi connectivity index (χ3v) is 8.72. The van der Waals surface area contributed by atoms with E-state index < -0.39 is 0 Å². The molecule has 4 nitrogen and oxygen atoms in total. The van der Waals surface area contributed by atoms with E-state index in [0.717, 1.165) is 71.7 Å². The molecule has 0 aliphatic heterocycles. The number of hydrogen-bond donors (Lipinski definition) is 0. The van der Waals surface area contributed by atoms with E-state index in [2.05, 4.69) is 133 Å². The van der Waals surface area contributed by atoms with Crippen LogP contribution in [0.15, 0.2) is 168 Å². The maximum atomic E-state index is 6.52. The van der Waals surface area contributed by atoms with E-state index in [1.165, 1.54) is 0 Å². The van der Waals surface area contributed by atoms with Crippen molar-refractivity contribution in [3.05, 3.63) is 164 Å². The predicted octanol–water partition coefficient (Wildman–Crippen LogP) is 11.3. The Hall–Kier alpha value is -6.39. The van der Waals surface area contributed by atoms with Gasteiger partial charge in [0.1, 0.15) is 11.2 Å². The number of rotatable bonds is 5. The Morgan fingerprint density at radius 3 is 1.55 bits per heavy atom. The summed E-state index contributed by atoms with van der Waals surface area (Å²) in [5, 5.41) is 4.21. The number of benzene rings is 7. The second-order valence-corrected chi connectivity index (χ2v) is 11.6. The van der Waals surface area contributed by atoms with Crippen LogP contribution >= 0.6 is 0 Å². The molecule has 220 valence electrons. The van der Waals surface area contributed by atoms with Crippen molar-refractivity contribution in [3.8, 4) is 56.4 Å². The highest BCUT2D eigenvalue weighted by Crippen LogP contribution is 2.39. The average Bonchev–Trinajstić information content (AvgIpc) is 3.54. The van der Waals surface area contributed by atoms with E-state index >= 15 is 0 Å². The summed E-state index contributed by atoms with van der Waals surface area (Å²) in [6.07, 6.45) is 0. The lowest BCUT2D eigenvalue weighted by molar-refractivity contribution is 0.672. The lowest BCUT2D eigenvalue weighted by Gasteiger charge is -2.12. The molecule has 0 fully saturated rings. The minimum Gasteiger partial charge on any atom is -0.455 e. The first kappa shape index (κ1) is 27.0. The summed E-state index contributed by atoms with van der Waals surface area (Å²) in [7, 11) is 0. The number of hydrogen-bond acceptors (Lipinski definition) is 4. The highest BCUT2D eigenvalue weighted by atomic mass is 16.3. The molecule has 0 saturated heterocycles. The fourth-order valence-electron chi connectivity index (χ4n) is 6.43. The van der Waals surface area contributed by atoms with Gasteiger partial charge in [0.2, 0.25) is 0 Å². The van der Waals surface area contributed by atoms with Crippen LogP contribution in [-0.2, 0) is 0 Å². The van der Waals surface area contributed by atoms with Crippen LogP contribution in [0.4, 0.5) is 0 Å². The molecule has 4 heteroatoms. The first-order chi connectivity index (χ1) is 23.3. The van der Waals surface area contributed by atoms with Crippen molar-refractivity contribution in [1.29, 1.82) is 0 Å². The molecular weight excluding hydrogens is 574 g/mol. The highest BCUT2D eigenvalue weighted by molar-refractivity contribution is 6.18. The molecule has 0 amide bonds. The van der Waals surface area contributed by atoms with Gasteiger partial charge in [-0.25, -0.2) is 15.0 Å². The maximum Gasteiger partial charge on any atom is 0.164 e. The van der Waals surface area contributed by atoms with Crippen molar-refractivity contribution in [1.82, 2.24) is 15.0 Å². The topological polar surface area (TPSA) is 51.8 Å². The third-order valence-electron chi connectivity index (χ3n) is 8.72. The van der Waals surface area contributed by atoms with Crippen LogP contribution in [-0.4, -0.2) is 15.0 Å². The molecule has 0 bridgehead atoms. The summed E-state index contributed by atoms with van der Waals surface area (Å²) in [6.45, 7) is 0. The van der Waals surface area contributed by atoms with Crippen molar-refractivity contribution in [3.63, 3.8) is 0 Å². The Morgan fingerprint density at radius 2 is 0.894 bits per heavy atom. The van der Waals surface area contributed by atoms with Gasteiger partial charge in [0.15, 0.2) is 17.5 Å². The second-order valence-electron chi connectivity index (χ2n) is 11.6. The standard InChI is InChI=1S/C43H27N3O/c1-3-12-28(13-4-1)31-17-9-19-33(26-31)41-44-42(34-20-10-18-32(27-34)29-14-5-2-6-15-29)46-43(45-41)37-22-11-16-30-24-25-36-35-21-7-8-23-38(35)47-40(36)39(30)37/h1-27H. The molecule has 0 saturated carbocycles. The number of nitrogens with zero attached hydrogens (tertiary/aromatic N) is 3. The zero-order chi connectivity index (χ0) is 31.2. The number of aromatic nitrogens is 3. The van der Waals surface area contributed by atoms with E-state index in [0.29, 0.717) is 17.5 Å². The van der Waals surface area contributed by atoms with Gasteiger partial charge in [0, 0.05) is 32.8 Å². The Kier molecular flexibility index (Phi) is 6.43. The van der Waals surface area contributed by atoms with Crippen molar-refractivity contribution < 1.29 is 4.42 Å². The Bertz CT molecular complexity index is 2470. The molecule has 0 spiro atoms. The van der Waals surface area contributed by atoms with Crippen molar-refractivity contribution in [2.45, 2.75) is 0 Å². The molecule has 0 unspecified atom stereocenters. The Morgan fingerprint density at radius 1 is 0.362 bits per heavy atom. The minimum absolute atomic E-state index is 0.596. The van der Waals surface area contributed by atoms with E-state index in [1.807, 2.05) is 30.3 Å². The lowest BCUT2D eigenvalue weighted by Crippen LogP contribution is -2.01. The average molecular weight is 602 g/mol. The van der Waals surface area contributed by atoms with Gasteiger partial charge in [-0.15, -0.1) is 0 Å². The molecule has 9 aromatic rings. The van der Waals surface area contributed by atoms with E-state index in [1.54, 1.807) is 0 Å². The molecule has 0 aliphatic carbocycles. The molecule has 2 heterocycles. The molecule has 0 atom stereocenters. The summed E-state index contributed by atoms with van der Waals surface area (Å²) < 4.78 is 6.52. The smallest absolute Gasteiger partial charge is 0.164 e. The largest absolute Gasteiger partial charge is 0.455 e. The molecule has 7 aromatic carbocycles. The summed E-state index contributed by atoms with van der Waals surface area (Å²) >= 11 is 0. The molecule has 47 heavy (non-hydrogen) atoms. The van der Waals surface area contributed by atoms with Gasteiger partial charge < -0.3 is 4.42 Å². The van der Waals surface area contributed by atoms with Gasteiger partial charge in [0.25, 0.3) is 0 Å². The first-order valence-electron chi connectivity index (χ1n) is 15.7. The van der Waals surface area contributed by atoms with Gasteiger partial charge >= 0.3 is 0 Å². The molecule has 0 aliphatic rings. The van der Waals surface area contributed by atoms with Crippen LogP contribution in [0.25, 0.3) is 89.1 Å². The zero-order valence-electron chi connectivity index (χ0n) is 25.3.